The number of rotatable bonds is 0. The molecular weight excluding hydrogens is 292 g/mol. The van der Waals surface area contributed by atoms with Gasteiger partial charge in [0, 0.05) is 16.4 Å². The summed E-state index contributed by atoms with van der Waals surface area (Å²) in [6.45, 7) is 1.93. The van der Waals surface area contributed by atoms with Crippen LogP contribution >= 0.6 is 15.9 Å². The Morgan fingerprint density at radius 2 is 2.33 bits per heavy atom. The molecule has 0 spiro atoms. The molecule has 3 nitrogen and oxygen atoms in total. The molecule has 3 heterocycles. The Kier molecular flexibility index (Phi) is 2.27. The fourth-order valence-electron chi connectivity index (χ4n) is 2.99. The smallest absolute Gasteiger partial charge is 0.153 e. The summed E-state index contributed by atoms with van der Waals surface area (Å²) in [5, 5.41) is 1.10. The van der Waals surface area contributed by atoms with E-state index in [4.69, 9.17) is 4.74 Å². The molecule has 18 heavy (non-hydrogen) atoms. The quantitative estimate of drug-likeness (QED) is 0.746. The van der Waals surface area contributed by atoms with Crippen molar-refractivity contribution in [3.63, 3.8) is 0 Å². The molecule has 4 heteroatoms. The highest BCUT2D eigenvalue weighted by atomic mass is 79.9. The molecule has 0 amide bonds. The number of halogens is 1. The summed E-state index contributed by atoms with van der Waals surface area (Å²) >= 11 is 3.52. The van der Waals surface area contributed by atoms with E-state index in [9.17, 15) is 0 Å². The fourth-order valence-corrected chi connectivity index (χ4v) is 3.35. The lowest BCUT2D eigenvalue weighted by atomic mass is 10.1. The Hall–Kier alpha value is -1.29. The molecule has 1 aromatic carbocycles. The summed E-state index contributed by atoms with van der Waals surface area (Å²) in [7, 11) is 0. The molecule has 0 radical (unpaired) electrons. The molecular formula is C14H13BrN2O. The molecule has 2 aromatic rings. The Balaban J connectivity index is 1.97. The normalized spacial score (nSPS) is 21.6. The van der Waals surface area contributed by atoms with Gasteiger partial charge in [-0.15, -0.1) is 0 Å². The van der Waals surface area contributed by atoms with Crippen LogP contribution in [0.3, 0.4) is 0 Å². The van der Waals surface area contributed by atoms with E-state index in [2.05, 4.69) is 31.9 Å². The van der Waals surface area contributed by atoms with Crippen molar-refractivity contribution in [2.75, 3.05) is 18.1 Å². The zero-order valence-corrected chi connectivity index (χ0v) is 11.5. The lowest BCUT2D eigenvalue weighted by molar-refractivity contribution is 0.275. The van der Waals surface area contributed by atoms with E-state index >= 15 is 0 Å². The van der Waals surface area contributed by atoms with Gasteiger partial charge in [-0.3, -0.25) is 4.98 Å². The van der Waals surface area contributed by atoms with E-state index in [1.54, 1.807) is 0 Å². The minimum Gasteiger partial charge on any atom is -0.488 e. The first-order chi connectivity index (χ1) is 8.83. The third kappa shape index (κ3) is 1.45. The maximum absolute atomic E-state index is 6.00. The number of anilines is 1. The van der Waals surface area contributed by atoms with Gasteiger partial charge in [0.1, 0.15) is 6.61 Å². The number of fused-ring (bicyclic) bond motifs is 5. The summed E-state index contributed by atoms with van der Waals surface area (Å²) in [4.78, 5) is 7.00. The second kappa shape index (κ2) is 3.85. The van der Waals surface area contributed by atoms with E-state index < -0.39 is 0 Å². The summed E-state index contributed by atoms with van der Waals surface area (Å²) in [6.07, 6.45) is 4.45. The van der Waals surface area contributed by atoms with Crippen LogP contribution in [-0.2, 0) is 0 Å². The van der Waals surface area contributed by atoms with Crippen molar-refractivity contribution in [1.82, 2.24) is 4.98 Å². The monoisotopic (exact) mass is 304 g/mol. The van der Waals surface area contributed by atoms with E-state index in [1.807, 2.05) is 18.3 Å². The number of hydrogen-bond acceptors (Lipinski definition) is 3. The molecule has 0 N–H and O–H groups in total. The van der Waals surface area contributed by atoms with Gasteiger partial charge in [-0.25, -0.2) is 0 Å². The lowest BCUT2D eigenvalue weighted by Crippen LogP contribution is -2.38. The first-order valence-corrected chi connectivity index (χ1v) is 7.10. The Morgan fingerprint density at radius 3 is 3.28 bits per heavy atom. The van der Waals surface area contributed by atoms with Crippen molar-refractivity contribution in [3.05, 3.63) is 28.9 Å². The highest BCUT2D eigenvalue weighted by Gasteiger charge is 2.32. The van der Waals surface area contributed by atoms with E-state index in [0.29, 0.717) is 6.04 Å². The van der Waals surface area contributed by atoms with E-state index in [1.165, 1.54) is 12.8 Å². The minimum absolute atomic E-state index is 0.545. The summed E-state index contributed by atoms with van der Waals surface area (Å²) in [5.74, 6) is 0.999. The summed E-state index contributed by atoms with van der Waals surface area (Å²) < 4.78 is 7.07. The van der Waals surface area contributed by atoms with Crippen molar-refractivity contribution < 1.29 is 4.74 Å². The van der Waals surface area contributed by atoms with Crippen LogP contribution in [-0.4, -0.2) is 24.2 Å². The van der Waals surface area contributed by atoms with E-state index in [0.717, 1.165) is 40.0 Å². The van der Waals surface area contributed by atoms with Crippen molar-refractivity contribution in [2.45, 2.75) is 18.9 Å². The maximum Gasteiger partial charge on any atom is 0.153 e. The van der Waals surface area contributed by atoms with Gasteiger partial charge in [0.2, 0.25) is 0 Å². The molecule has 0 saturated carbocycles. The number of nitrogens with zero attached hydrogens (tertiary/aromatic N) is 2. The zero-order chi connectivity index (χ0) is 12.1. The topological polar surface area (TPSA) is 25.4 Å². The van der Waals surface area contributed by atoms with Gasteiger partial charge in [0.15, 0.2) is 5.75 Å². The van der Waals surface area contributed by atoms with Crippen LogP contribution in [0.4, 0.5) is 5.69 Å². The second-order valence-electron chi connectivity index (χ2n) is 4.93. The first-order valence-electron chi connectivity index (χ1n) is 6.30. The molecule has 0 bridgehead atoms. The molecule has 0 aliphatic carbocycles. The van der Waals surface area contributed by atoms with Crippen molar-refractivity contribution >= 4 is 32.5 Å². The van der Waals surface area contributed by atoms with Crippen LogP contribution in [0, 0.1) is 0 Å². The van der Waals surface area contributed by atoms with Crippen LogP contribution in [0.5, 0.6) is 5.75 Å². The van der Waals surface area contributed by atoms with Crippen LogP contribution in [0.15, 0.2) is 28.9 Å². The zero-order valence-electron chi connectivity index (χ0n) is 9.90. The van der Waals surface area contributed by atoms with Crippen LogP contribution < -0.4 is 9.64 Å². The Bertz CT molecular complexity index is 628. The largest absolute Gasteiger partial charge is 0.488 e. The third-order valence-corrected chi connectivity index (χ3v) is 4.36. The molecule has 1 atom stereocenters. The highest BCUT2D eigenvalue weighted by molar-refractivity contribution is 9.10. The fraction of sp³-hybridized carbons (Fsp3) is 0.357. The minimum atomic E-state index is 0.545. The number of ether oxygens (including phenoxy) is 1. The number of aromatic nitrogens is 1. The molecule has 2 aliphatic rings. The van der Waals surface area contributed by atoms with Crippen molar-refractivity contribution in [2.24, 2.45) is 0 Å². The Morgan fingerprint density at radius 1 is 1.39 bits per heavy atom. The summed E-state index contributed by atoms with van der Waals surface area (Å²) in [6, 6.07) is 6.68. The van der Waals surface area contributed by atoms with E-state index in [-0.39, 0.29) is 0 Å². The molecule has 92 valence electrons. The highest BCUT2D eigenvalue weighted by Crippen LogP contribution is 2.42. The standard InChI is InChI=1S/C14H13BrN2O/c15-9-3-4-12-11(6-9)14-13(7-16-12)17-5-1-2-10(17)8-18-14/h3-4,6-7,10H,1-2,5,8H2/t10-/m1/s1. The SMILES string of the molecule is Brc1ccc2ncc3c(c2c1)OC[C@H]1CCCN31. The molecule has 1 fully saturated rings. The van der Waals surface area contributed by atoms with Crippen LogP contribution in [0.2, 0.25) is 0 Å². The number of benzene rings is 1. The van der Waals surface area contributed by atoms with Gasteiger partial charge in [0.25, 0.3) is 0 Å². The van der Waals surface area contributed by atoms with Gasteiger partial charge in [0.05, 0.1) is 23.4 Å². The first kappa shape index (κ1) is 10.6. The van der Waals surface area contributed by atoms with Crippen LogP contribution in [0.1, 0.15) is 12.8 Å². The molecule has 1 aromatic heterocycles. The number of hydrogen-bond donors (Lipinski definition) is 0. The van der Waals surface area contributed by atoms with Crippen molar-refractivity contribution in [3.8, 4) is 5.75 Å². The van der Waals surface area contributed by atoms with Gasteiger partial charge >= 0.3 is 0 Å². The molecule has 2 aliphatic heterocycles. The number of pyridine rings is 1. The predicted molar refractivity (Wildman–Crippen MR) is 75.3 cm³/mol. The summed E-state index contributed by atoms with van der Waals surface area (Å²) in [5.41, 5.74) is 2.16. The van der Waals surface area contributed by atoms with Gasteiger partial charge in [-0.05, 0) is 31.0 Å². The van der Waals surface area contributed by atoms with Crippen LogP contribution in [0.25, 0.3) is 10.9 Å². The molecule has 1 saturated heterocycles. The van der Waals surface area contributed by atoms with Gasteiger partial charge in [-0.1, -0.05) is 15.9 Å². The predicted octanol–water partition coefficient (Wildman–Crippen LogP) is 3.36. The molecule has 0 unspecified atom stereocenters. The lowest BCUT2D eigenvalue weighted by Gasteiger charge is -2.33. The molecule has 4 rings (SSSR count). The average molecular weight is 305 g/mol. The van der Waals surface area contributed by atoms with Gasteiger partial charge < -0.3 is 9.64 Å². The Labute approximate surface area is 114 Å². The second-order valence-corrected chi connectivity index (χ2v) is 5.85. The van der Waals surface area contributed by atoms with Crippen molar-refractivity contribution in [1.29, 1.82) is 0 Å². The van der Waals surface area contributed by atoms with Gasteiger partial charge in [-0.2, -0.15) is 0 Å². The maximum atomic E-state index is 6.00. The average Bonchev–Trinajstić information content (AvgIpc) is 2.86. The third-order valence-electron chi connectivity index (χ3n) is 3.87.